The van der Waals surface area contributed by atoms with Gasteiger partial charge in [-0.2, -0.15) is 0 Å². The first kappa shape index (κ1) is 17.0. The molecule has 1 aromatic heterocycles. The van der Waals surface area contributed by atoms with Crippen LogP contribution in [0.3, 0.4) is 0 Å². The van der Waals surface area contributed by atoms with Crippen LogP contribution in [0.5, 0.6) is 0 Å². The zero-order valence-electron chi connectivity index (χ0n) is 12.7. The Balaban J connectivity index is 1.95. The Bertz CT molecular complexity index is 745. The van der Waals surface area contributed by atoms with Crippen LogP contribution in [-0.2, 0) is 20.9 Å². The normalized spacial score (nSPS) is 10.7. The number of carbonyl (C=O) groups excluding carboxylic acids is 2. The molecule has 23 heavy (non-hydrogen) atoms. The van der Waals surface area contributed by atoms with Crippen LogP contribution in [0.4, 0.5) is 0 Å². The maximum absolute atomic E-state index is 11.7. The van der Waals surface area contributed by atoms with E-state index in [2.05, 4.69) is 20.7 Å². The number of rotatable bonds is 5. The van der Waals surface area contributed by atoms with E-state index in [9.17, 15) is 9.59 Å². The van der Waals surface area contributed by atoms with Crippen LogP contribution in [0.25, 0.3) is 6.08 Å². The zero-order chi connectivity index (χ0) is 16.8. The number of carbonyl (C=O) groups is 2. The minimum atomic E-state index is -0.505. The highest BCUT2D eigenvalue weighted by Gasteiger charge is 2.15. The summed E-state index contributed by atoms with van der Waals surface area (Å²) in [5, 5.41) is 0. The Kier molecular flexibility index (Phi) is 5.76. The second-order valence-electron chi connectivity index (χ2n) is 4.64. The van der Waals surface area contributed by atoms with Crippen molar-refractivity contribution in [2.24, 2.45) is 0 Å². The Morgan fingerprint density at radius 2 is 2.04 bits per heavy atom. The van der Waals surface area contributed by atoms with Crippen molar-refractivity contribution >= 4 is 33.9 Å². The van der Waals surface area contributed by atoms with Crippen LogP contribution in [0, 0.1) is 6.92 Å². The third kappa shape index (κ3) is 4.56. The molecule has 0 saturated heterocycles. The van der Waals surface area contributed by atoms with Crippen molar-refractivity contribution in [1.29, 1.82) is 0 Å². The van der Waals surface area contributed by atoms with Gasteiger partial charge in [-0.05, 0) is 30.7 Å². The molecule has 0 radical (unpaired) electrons. The van der Waals surface area contributed by atoms with E-state index in [1.54, 1.807) is 13.0 Å². The molecule has 2 aromatic rings. The molecule has 2 rings (SSSR count). The summed E-state index contributed by atoms with van der Waals surface area (Å²) in [5.74, 6) is -0.190. The van der Waals surface area contributed by atoms with Crippen molar-refractivity contribution in [1.82, 2.24) is 0 Å². The van der Waals surface area contributed by atoms with Gasteiger partial charge in [-0.1, -0.05) is 34.1 Å². The van der Waals surface area contributed by atoms with E-state index in [0.29, 0.717) is 17.1 Å². The van der Waals surface area contributed by atoms with Gasteiger partial charge in [0.2, 0.25) is 0 Å². The summed E-state index contributed by atoms with van der Waals surface area (Å²) in [6, 6.07) is 9.01. The van der Waals surface area contributed by atoms with Gasteiger partial charge in [0.1, 0.15) is 23.7 Å². The SMILES string of the molecule is COC(=O)c1cc(COC(=O)/C=C/c2ccccc2Br)oc1C. The fraction of sp³-hybridized carbons (Fsp3) is 0.176. The van der Waals surface area contributed by atoms with Gasteiger partial charge in [0.05, 0.1) is 7.11 Å². The maximum Gasteiger partial charge on any atom is 0.341 e. The van der Waals surface area contributed by atoms with Crippen LogP contribution < -0.4 is 0 Å². The number of aryl methyl sites for hydroxylation is 1. The molecular formula is C17H15BrO5. The van der Waals surface area contributed by atoms with E-state index in [0.717, 1.165) is 10.0 Å². The van der Waals surface area contributed by atoms with Crippen LogP contribution in [0.2, 0.25) is 0 Å². The minimum Gasteiger partial charge on any atom is -0.465 e. The van der Waals surface area contributed by atoms with E-state index in [4.69, 9.17) is 9.15 Å². The lowest BCUT2D eigenvalue weighted by atomic mass is 10.2. The molecule has 0 N–H and O–H groups in total. The molecule has 0 aliphatic carbocycles. The molecule has 120 valence electrons. The van der Waals surface area contributed by atoms with Gasteiger partial charge < -0.3 is 13.9 Å². The van der Waals surface area contributed by atoms with Gasteiger partial charge in [0, 0.05) is 10.5 Å². The molecule has 0 unspecified atom stereocenters. The van der Waals surface area contributed by atoms with Crippen LogP contribution in [0.1, 0.15) is 27.4 Å². The highest BCUT2D eigenvalue weighted by Crippen LogP contribution is 2.18. The fourth-order valence-electron chi connectivity index (χ4n) is 1.89. The summed E-state index contributed by atoms with van der Waals surface area (Å²) >= 11 is 3.39. The van der Waals surface area contributed by atoms with Gasteiger partial charge in [-0.3, -0.25) is 0 Å². The molecule has 0 aliphatic rings. The average Bonchev–Trinajstić information content (AvgIpc) is 2.92. The third-order valence-corrected chi connectivity index (χ3v) is 3.76. The summed E-state index contributed by atoms with van der Waals surface area (Å²) in [6.45, 7) is 1.58. The molecule has 0 atom stereocenters. The summed E-state index contributed by atoms with van der Waals surface area (Å²) in [7, 11) is 1.29. The smallest absolute Gasteiger partial charge is 0.341 e. The second kappa shape index (κ2) is 7.78. The van der Waals surface area contributed by atoms with E-state index in [1.165, 1.54) is 19.3 Å². The molecule has 0 fully saturated rings. The number of furan rings is 1. The van der Waals surface area contributed by atoms with Crippen molar-refractivity contribution in [3.63, 3.8) is 0 Å². The van der Waals surface area contributed by atoms with E-state index >= 15 is 0 Å². The monoisotopic (exact) mass is 378 g/mol. The number of benzene rings is 1. The summed E-state index contributed by atoms with van der Waals surface area (Å²) in [6.07, 6.45) is 2.98. The summed E-state index contributed by atoms with van der Waals surface area (Å²) in [4.78, 5) is 23.2. The molecule has 5 nitrogen and oxygen atoms in total. The lowest BCUT2D eigenvalue weighted by molar-refractivity contribution is -0.139. The number of halogens is 1. The predicted octanol–water partition coefficient (Wildman–Crippen LogP) is 3.89. The number of methoxy groups -OCH3 is 1. The second-order valence-corrected chi connectivity index (χ2v) is 5.49. The van der Waals surface area contributed by atoms with Gasteiger partial charge in [0.25, 0.3) is 0 Å². The molecule has 6 heteroatoms. The maximum atomic E-state index is 11.7. The largest absolute Gasteiger partial charge is 0.465 e. The van der Waals surface area contributed by atoms with E-state index in [-0.39, 0.29) is 6.61 Å². The molecule has 1 aromatic carbocycles. The van der Waals surface area contributed by atoms with Crippen molar-refractivity contribution in [2.45, 2.75) is 13.5 Å². The van der Waals surface area contributed by atoms with Gasteiger partial charge in [-0.25, -0.2) is 9.59 Å². The van der Waals surface area contributed by atoms with Gasteiger partial charge >= 0.3 is 11.9 Å². The number of hydrogen-bond acceptors (Lipinski definition) is 5. The molecule has 0 bridgehead atoms. The lowest BCUT2D eigenvalue weighted by Crippen LogP contribution is -2.01. The van der Waals surface area contributed by atoms with E-state index in [1.807, 2.05) is 24.3 Å². The van der Waals surface area contributed by atoms with Crippen molar-refractivity contribution < 1.29 is 23.5 Å². The van der Waals surface area contributed by atoms with Crippen molar-refractivity contribution in [3.05, 3.63) is 63.5 Å². The molecule has 1 heterocycles. The summed E-state index contributed by atoms with van der Waals surface area (Å²) < 4.78 is 16.0. The third-order valence-electron chi connectivity index (χ3n) is 3.03. The quantitative estimate of drug-likeness (QED) is 0.583. The molecule has 0 aliphatic heterocycles. The Hall–Kier alpha value is -2.34. The first-order valence-electron chi connectivity index (χ1n) is 6.78. The van der Waals surface area contributed by atoms with Crippen molar-refractivity contribution in [3.8, 4) is 0 Å². The topological polar surface area (TPSA) is 65.7 Å². The van der Waals surface area contributed by atoms with E-state index < -0.39 is 11.9 Å². The van der Waals surface area contributed by atoms with Crippen LogP contribution in [-0.4, -0.2) is 19.0 Å². The Labute approximate surface area is 142 Å². The zero-order valence-corrected chi connectivity index (χ0v) is 14.3. The fourth-order valence-corrected chi connectivity index (χ4v) is 2.30. The first-order chi connectivity index (χ1) is 11.0. The van der Waals surface area contributed by atoms with Crippen LogP contribution in [0.15, 0.2) is 45.3 Å². The van der Waals surface area contributed by atoms with Crippen molar-refractivity contribution in [2.75, 3.05) is 7.11 Å². The van der Waals surface area contributed by atoms with Gasteiger partial charge in [0.15, 0.2) is 0 Å². The molecule has 0 amide bonds. The lowest BCUT2D eigenvalue weighted by Gasteiger charge is -1.99. The Morgan fingerprint density at radius 1 is 1.30 bits per heavy atom. The highest BCUT2D eigenvalue weighted by molar-refractivity contribution is 9.10. The molecule has 0 spiro atoms. The molecule has 0 saturated carbocycles. The Morgan fingerprint density at radius 3 is 2.74 bits per heavy atom. The minimum absolute atomic E-state index is 0.0586. The first-order valence-corrected chi connectivity index (χ1v) is 7.57. The van der Waals surface area contributed by atoms with Crippen LogP contribution >= 0.6 is 15.9 Å². The average molecular weight is 379 g/mol. The molecular weight excluding hydrogens is 364 g/mol. The highest BCUT2D eigenvalue weighted by atomic mass is 79.9. The summed E-state index contributed by atoms with van der Waals surface area (Å²) in [5.41, 5.74) is 1.19. The standard InChI is InChI=1S/C17H15BrO5/c1-11-14(17(20)21-2)9-13(23-11)10-22-16(19)8-7-12-5-3-4-6-15(12)18/h3-9H,10H2,1-2H3/b8-7+. The number of ether oxygens (including phenoxy) is 2. The predicted molar refractivity (Wildman–Crippen MR) is 87.8 cm³/mol. The van der Waals surface area contributed by atoms with Gasteiger partial charge in [-0.15, -0.1) is 0 Å². The number of hydrogen-bond donors (Lipinski definition) is 0. The number of esters is 2.